The molecule has 0 atom stereocenters. The fraction of sp³-hybridized carbons (Fsp3) is 0.105. The van der Waals surface area contributed by atoms with Gasteiger partial charge in [-0.2, -0.15) is 5.11 Å². The second-order valence-electron chi connectivity index (χ2n) is 5.57. The number of rotatable bonds is 5. The molecular formula is C19H18N4O2. The molecule has 3 rings (SSSR count). The molecule has 0 bridgehead atoms. The number of H-pyrrole nitrogens is 1. The molecule has 0 aliphatic carbocycles. The number of aromatic amines is 1. The Morgan fingerprint density at radius 3 is 2.68 bits per heavy atom. The summed E-state index contributed by atoms with van der Waals surface area (Å²) in [6.07, 6.45) is 2.23. The summed E-state index contributed by atoms with van der Waals surface area (Å²) < 4.78 is 1.43. The van der Waals surface area contributed by atoms with Crippen molar-refractivity contribution >= 4 is 11.4 Å². The van der Waals surface area contributed by atoms with Crippen LogP contribution in [-0.4, -0.2) is 14.9 Å². The van der Waals surface area contributed by atoms with Gasteiger partial charge in [0.25, 0.3) is 5.56 Å². The normalized spacial score (nSPS) is 11.1. The lowest BCUT2D eigenvalue weighted by Crippen LogP contribution is -2.13. The second kappa shape index (κ2) is 7.00. The molecule has 0 aliphatic rings. The molecule has 126 valence electrons. The first-order chi connectivity index (χ1) is 12.1. The van der Waals surface area contributed by atoms with Crippen molar-refractivity contribution in [3.63, 3.8) is 0 Å². The number of nitrogens with one attached hydrogen (secondary N) is 1. The lowest BCUT2D eigenvalue weighted by molar-refractivity contribution is 0.470. The van der Waals surface area contributed by atoms with Crippen LogP contribution < -0.4 is 5.56 Å². The van der Waals surface area contributed by atoms with E-state index < -0.39 is 0 Å². The molecule has 2 aromatic carbocycles. The highest BCUT2D eigenvalue weighted by Gasteiger charge is 2.12. The van der Waals surface area contributed by atoms with E-state index in [2.05, 4.69) is 21.9 Å². The summed E-state index contributed by atoms with van der Waals surface area (Å²) in [5.74, 6) is 0.183. The van der Waals surface area contributed by atoms with Gasteiger partial charge in [0.1, 0.15) is 5.75 Å². The van der Waals surface area contributed by atoms with Gasteiger partial charge < -0.3 is 5.11 Å². The van der Waals surface area contributed by atoms with Gasteiger partial charge in [-0.3, -0.25) is 9.89 Å². The molecular weight excluding hydrogens is 316 g/mol. The van der Waals surface area contributed by atoms with Crippen LogP contribution in [0.2, 0.25) is 0 Å². The summed E-state index contributed by atoms with van der Waals surface area (Å²) in [5.41, 5.74) is 2.61. The summed E-state index contributed by atoms with van der Waals surface area (Å²) in [6.45, 7) is 5.43. The van der Waals surface area contributed by atoms with Gasteiger partial charge in [0.15, 0.2) is 5.69 Å². The molecule has 6 nitrogen and oxygen atoms in total. The zero-order valence-electron chi connectivity index (χ0n) is 13.8. The Morgan fingerprint density at radius 2 is 1.96 bits per heavy atom. The number of aryl methyl sites for hydroxylation is 1. The predicted octanol–water partition coefficient (Wildman–Crippen LogP) is 4.32. The van der Waals surface area contributed by atoms with Crippen LogP contribution in [0.1, 0.15) is 11.3 Å². The minimum Gasteiger partial charge on any atom is -0.508 e. The van der Waals surface area contributed by atoms with Crippen LogP contribution >= 0.6 is 0 Å². The van der Waals surface area contributed by atoms with Crippen molar-refractivity contribution in [2.45, 2.75) is 13.3 Å². The smallest absolute Gasteiger partial charge is 0.299 e. The van der Waals surface area contributed by atoms with Gasteiger partial charge in [-0.15, -0.1) is 11.7 Å². The van der Waals surface area contributed by atoms with E-state index in [1.165, 1.54) is 4.68 Å². The number of hydrogen-bond donors (Lipinski definition) is 2. The third kappa shape index (κ3) is 3.42. The maximum absolute atomic E-state index is 12.6. The Bertz CT molecular complexity index is 984. The number of para-hydroxylation sites is 1. The minimum absolute atomic E-state index is 0.183. The van der Waals surface area contributed by atoms with Gasteiger partial charge in [-0.25, -0.2) is 4.68 Å². The van der Waals surface area contributed by atoms with Crippen LogP contribution in [0.25, 0.3) is 5.69 Å². The van der Waals surface area contributed by atoms with E-state index in [-0.39, 0.29) is 17.0 Å². The highest BCUT2D eigenvalue weighted by molar-refractivity contribution is 5.48. The second-order valence-corrected chi connectivity index (χ2v) is 5.57. The first-order valence-corrected chi connectivity index (χ1v) is 7.81. The Balaban J connectivity index is 1.95. The van der Waals surface area contributed by atoms with Crippen LogP contribution in [0.3, 0.4) is 0 Å². The molecule has 0 spiro atoms. The van der Waals surface area contributed by atoms with Crippen molar-refractivity contribution in [3.8, 4) is 11.4 Å². The van der Waals surface area contributed by atoms with E-state index in [1.54, 1.807) is 31.2 Å². The van der Waals surface area contributed by atoms with E-state index in [4.69, 9.17) is 0 Å². The van der Waals surface area contributed by atoms with Gasteiger partial charge in [0, 0.05) is 0 Å². The topological polar surface area (TPSA) is 82.7 Å². The van der Waals surface area contributed by atoms with Crippen LogP contribution in [0.15, 0.2) is 76.2 Å². The van der Waals surface area contributed by atoms with Crippen molar-refractivity contribution in [1.29, 1.82) is 0 Å². The summed E-state index contributed by atoms with van der Waals surface area (Å²) >= 11 is 0. The lowest BCUT2D eigenvalue weighted by atomic mass is 10.1. The van der Waals surface area contributed by atoms with Gasteiger partial charge >= 0.3 is 0 Å². The molecule has 0 saturated heterocycles. The lowest BCUT2D eigenvalue weighted by Gasteiger charge is -2.01. The molecule has 0 aliphatic heterocycles. The molecule has 0 radical (unpaired) electrons. The fourth-order valence-electron chi connectivity index (χ4n) is 2.48. The molecule has 0 fully saturated rings. The Labute approximate surface area is 144 Å². The summed E-state index contributed by atoms with van der Waals surface area (Å²) in [5, 5.41) is 21.0. The standard InChI is InChI=1S/C19H18N4O2/c1-3-7-14-12-15(10-11-17(14)24)20-21-18-13(2)22-23(19(18)25)16-8-5-4-6-9-16/h3-6,8-12,22,24H,1,7H2,2H3. The van der Waals surface area contributed by atoms with Gasteiger partial charge in [-0.1, -0.05) is 24.3 Å². The fourth-order valence-corrected chi connectivity index (χ4v) is 2.48. The van der Waals surface area contributed by atoms with Crippen molar-refractivity contribution in [3.05, 3.63) is 82.8 Å². The number of benzene rings is 2. The Morgan fingerprint density at radius 1 is 1.20 bits per heavy atom. The van der Waals surface area contributed by atoms with E-state index in [0.717, 1.165) is 5.69 Å². The van der Waals surface area contributed by atoms with Crippen molar-refractivity contribution < 1.29 is 5.11 Å². The van der Waals surface area contributed by atoms with Crippen LogP contribution in [-0.2, 0) is 6.42 Å². The number of hydrogen-bond acceptors (Lipinski definition) is 4. The Hall–Kier alpha value is -3.41. The van der Waals surface area contributed by atoms with E-state index in [0.29, 0.717) is 23.4 Å². The summed E-state index contributed by atoms with van der Waals surface area (Å²) in [7, 11) is 0. The zero-order chi connectivity index (χ0) is 17.8. The maximum atomic E-state index is 12.6. The monoisotopic (exact) mass is 334 g/mol. The molecule has 6 heteroatoms. The molecule has 25 heavy (non-hydrogen) atoms. The van der Waals surface area contributed by atoms with Crippen LogP contribution in [0.4, 0.5) is 11.4 Å². The van der Waals surface area contributed by atoms with Gasteiger partial charge in [0.2, 0.25) is 0 Å². The number of nitrogens with zero attached hydrogens (tertiary/aromatic N) is 3. The summed E-state index contributed by atoms with van der Waals surface area (Å²) in [6, 6.07) is 14.2. The SMILES string of the molecule is C=CCc1cc(N=Nc2c(C)[nH]n(-c3ccccc3)c2=O)ccc1O. The van der Waals surface area contributed by atoms with Crippen molar-refractivity contribution in [2.75, 3.05) is 0 Å². The van der Waals surface area contributed by atoms with Gasteiger partial charge in [-0.05, 0) is 49.2 Å². The molecule has 1 aromatic heterocycles. The number of aromatic nitrogens is 2. The highest BCUT2D eigenvalue weighted by Crippen LogP contribution is 2.25. The number of phenolic OH excluding ortho intramolecular Hbond substituents is 1. The maximum Gasteiger partial charge on any atom is 0.299 e. The predicted molar refractivity (Wildman–Crippen MR) is 97.3 cm³/mol. The van der Waals surface area contributed by atoms with E-state index in [1.807, 2.05) is 30.3 Å². The molecule has 0 amide bonds. The largest absolute Gasteiger partial charge is 0.508 e. The zero-order valence-corrected chi connectivity index (χ0v) is 13.8. The third-order valence-electron chi connectivity index (χ3n) is 3.75. The molecule has 1 heterocycles. The Kier molecular flexibility index (Phi) is 4.61. The molecule has 2 N–H and O–H groups in total. The average molecular weight is 334 g/mol. The molecule has 0 saturated carbocycles. The molecule has 0 unspecified atom stereocenters. The van der Waals surface area contributed by atoms with Crippen LogP contribution in [0.5, 0.6) is 5.75 Å². The number of phenols is 1. The first-order valence-electron chi connectivity index (χ1n) is 7.81. The van der Waals surface area contributed by atoms with Gasteiger partial charge in [0.05, 0.1) is 17.1 Å². The number of azo groups is 1. The average Bonchev–Trinajstić information content (AvgIpc) is 2.91. The number of aromatic hydroxyl groups is 1. The molecule has 3 aromatic rings. The first kappa shape index (κ1) is 16.4. The highest BCUT2D eigenvalue weighted by atomic mass is 16.3. The van der Waals surface area contributed by atoms with E-state index in [9.17, 15) is 9.90 Å². The number of allylic oxidation sites excluding steroid dienone is 1. The third-order valence-corrected chi connectivity index (χ3v) is 3.75. The quantitative estimate of drug-likeness (QED) is 0.538. The van der Waals surface area contributed by atoms with E-state index >= 15 is 0 Å². The minimum atomic E-state index is -0.266. The van der Waals surface area contributed by atoms with Crippen LogP contribution in [0, 0.1) is 6.92 Å². The van der Waals surface area contributed by atoms with Crippen molar-refractivity contribution in [2.24, 2.45) is 10.2 Å². The summed E-state index contributed by atoms with van der Waals surface area (Å²) in [4.78, 5) is 12.6. The van der Waals surface area contributed by atoms with Crippen molar-refractivity contribution in [1.82, 2.24) is 9.78 Å².